The monoisotopic (exact) mass is 278 g/mol. The van der Waals surface area contributed by atoms with Crippen molar-refractivity contribution in [2.24, 2.45) is 0 Å². The molecule has 98 valence electrons. The van der Waals surface area contributed by atoms with Gasteiger partial charge in [-0.05, 0) is 18.2 Å². The number of para-hydroxylation sites is 1. The third-order valence-electron chi connectivity index (χ3n) is 3.31. The van der Waals surface area contributed by atoms with Gasteiger partial charge in [-0.25, -0.2) is 4.39 Å². The predicted octanol–water partition coefficient (Wildman–Crippen LogP) is 4.04. The number of hydrogen-bond donors (Lipinski definition) is 1. The molecule has 1 unspecified atom stereocenters. The van der Waals surface area contributed by atoms with Crippen LogP contribution in [-0.4, -0.2) is 5.11 Å². The molecular formula is C15H12ClFO2. The van der Waals surface area contributed by atoms with E-state index >= 15 is 0 Å². The van der Waals surface area contributed by atoms with Gasteiger partial charge >= 0.3 is 0 Å². The number of ether oxygens (including phenoxy) is 1. The highest BCUT2D eigenvalue weighted by molar-refractivity contribution is 6.31. The molecule has 4 heteroatoms. The summed E-state index contributed by atoms with van der Waals surface area (Å²) < 4.78 is 19.7. The van der Waals surface area contributed by atoms with Crippen molar-refractivity contribution in [2.75, 3.05) is 0 Å². The molecule has 1 N–H and O–H groups in total. The molecule has 3 rings (SSSR count). The lowest BCUT2D eigenvalue weighted by Crippen LogP contribution is -2.20. The summed E-state index contributed by atoms with van der Waals surface area (Å²) in [5.41, 5.74) is 1.03. The van der Waals surface area contributed by atoms with E-state index in [2.05, 4.69) is 0 Å². The molecule has 1 aliphatic rings. The van der Waals surface area contributed by atoms with Gasteiger partial charge in [-0.2, -0.15) is 0 Å². The molecule has 0 aliphatic carbocycles. The van der Waals surface area contributed by atoms with Crippen LogP contribution >= 0.6 is 11.6 Å². The van der Waals surface area contributed by atoms with Crippen molar-refractivity contribution in [2.45, 2.75) is 18.6 Å². The van der Waals surface area contributed by atoms with Crippen LogP contribution in [0, 0.1) is 5.82 Å². The highest BCUT2D eigenvalue weighted by Gasteiger charge is 2.30. The van der Waals surface area contributed by atoms with E-state index in [4.69, 9.17) is 16.3 Å². The van der Waals surface area contributed by atoms with Crippen molar-refractivity contribution in [3.05, 3.63) is 64.4 Å². The molecule has 1 heterocycles. The van der Waals surface area contributed by atoms with Gasteiger partial charge in [0.05, 0.1) is 11.1 Å². The fourth-order valence-electron chi connectivity index (χ4n) is 2.39. The average Bonchev–Trinajstić information content (AvgIpc) is 2.38. The molecule has 0 radical (unpaired) electrons. The molecule has 0 aromatic heterocycles. The van der Waals surface area contributed by atoms with Gasteiger partial charge < -0.3 is 9.84 Å². The summed E-state index contributed by atoms with van der Waals surface area (Å²) in [6, 6.07) is 11.7. The van der Waals surface area contributed by atoms with Crippen molar-refractivity contribution < 1.29 is 14.2 Å². The van der Waals surface area contributed by atoms with Gasteiger partial charge in [0, 0.05) is 17.5 Å². The Morgan fingerprint density at radius 1 is 1.16 bits per heavy atom. The van der Waals surface area contributed by atoms with Crippen LogP contribution in [0.2, 0.25) is 5.02 Å². The Morgan fingerprint density at radius 3 is 2.74 bits per heavy atom. The lowest BCUT2D eigenvalue weighted by atomic mass is 9.95. The van der Waals surface area contributed by atoms with E-state index in [9.17, 15) is 9.50 Å². The van der Waals surface area contributed by atoms with Crippen molar-refractivity contribution in [1.82, 2.24) is 0 Å². The highest BCUT2D eigenvalue weighted by atomic mass is 35.5. The molecular weight excluding hydrogens is 267 g/mol. The zero-order chi connectivity index (χ0) is 13.4. The smallest absolute Gasteiger partial charge is 0.131 e. The lowest BCUT2D eigenvalue weighted by Gasteiger charge is -2.30. The number of aliphatic hydroxyl groups excluding tert-OH is 1. The molecule has 0 bridgehead atoms. The van der Waals surface area contributed by atoms with E-state index in [0.717, 1.165) is 5.56 Å². The summed E-state index contributed by atoms with van der Waals surface area (Å²) in [6.07, 6.45) is -0.957. The van der Waals surface area contributed by atoms with Crippen molar-refractivity contribution in [3.63, 3.8) is 0 Å². The Bertz CT molecular complexity index is 595. The van der Waals surface area contributed by atoms with Crippen molar-refractivity contribution in [1.29, 1.82) is 0 Å². The SMILES string of the molecule is O[C@H]1CC(c2c(F)cccc2Cl)Oc2ccccc21. The first-order valence-corrected chi connectivity index (χ1v) is 6.42. The number of benzene rings is 2. The Labute approximate surface area is 115 Å². The molecule has 0 saturated heterocycles. The maximum absolute atomic E-state index is 13.9. The van der Waals surface area contributed by atoms with Crippen molar-refractivity contribution >= 4 is 11.6 Å². The van der Waals surface area contributed by atoms with Gasteiger partial charge in [0.25, 0.3) is 0 Å². The minimum Gasteiger partial charge on any atom is -0.485 e. The normalized spacial score (nSPS) is 21.6. The van der Waals surface area contributed by atoms with Gasteiger partial charge in [0.15, 0.2) is 0 Å². The maximum Gasteiger partial charge on any atom is 0.131 e. The third-order valence-corrected chi connectivity index (χ3v) is 3.64. The second-order valence-corrected chi connectivity index (χ2v) is 4.94. The van der Waals surface area contributed by atoms with Crippen LogP contribution in [0.15, 0.2) is 42.5 Å². The molecule has 19 heavy (non-hydrogen) atoms. The first-order chi connectivity index (χ1) is 9.16. The summed E-state index contributed by atoms with van der Waals surface area (Å²) in [5.74, 6) is 0.162. The zero-order valence-electron chi connectivity index (χ0n) is 10.0. The van der Waals surface area contributed by atoms with Crippen LogP contribution in [0.3, 0.4) is 0 Å². The molecule has 2 aromatic carbocycles. The standard InChI is InChI=1S/C15H12ClFO2/c16-10-5-3-6-11(17)15(10)14-8-12(18)9-4-1-2-7-13(9)19-14/h1-7,12,14,18H,8H2/t12-,14?/m0/s1. The molecule has 1 aliphatic heterocycles. The Morgan fingerprint density at radius 2 is 1.95 bits per heavy atom. The first-order valence-electron chi connectivity index (χ1n) is 6.04. The third kappa shape index (κ3) is 2.20. The van der Waals surface area contributed by atoms with E-state index in [1.807, 2.05) is 12.1 Å². The lowest BCUT2D eigenvalue weighted by molar-refractivity contribution is 0.0641. The van der Waals surface area contributed by atoms with Gasteiger partial charge in [0.2, 0.25) is 0 Å². The summed E-state index contributed by atoms with van der Waals surface area (Å²) in [4.78, 5) is 0. The van der Waals surface area contributed by atoms with Crippen LogP contribution in [0.4, 0.5) is 4.39 Å². The van der Waals surface area contributed by atoms with Crippen molar-refractivity contribution in [3.8, 4) is 5.75 Å². The number of fused-ring (bicyclic) bond motifs is 1. The van der Waals surface area contributed by atoms with Gasteiger partial charge in [-0.3, -0.25) is 0 Å². The largest absolute Gasteiger partial charge is 0.485 e. The fourth-order valence-corrected chi connectivity index (χ4v) is 2.67. The molecule has 0 fully saturated rings. The second kappa shape index (κ2) is 4.83. The number of rotatable bonds is 1. The van der Waals surface area contributed by atoms with Crippen LogP contribution in [0.25, 0.3) is 0 Å². The van der Waals surface area contributed by atoms with E-state index in [-0.39, 0.29) is 6.42 Å². The van der Waals surface area contributed by atoms with Crippen LogP contribution in [0.5, 0.6) is 5.75 Å². The van der Waals surface area contributed by atoms with Gasteiger partial charge in [-0.1, -0.05) is 35.9 Å². The molecule has 2 aromatic rings. The zero-order valence-corrected chi connectivity index (χ0v) is 10.8. The molecule has 2 atom stereocenters. The predicted molar refractivity (Wildman–Crippen MR) is 70.8 cm³/mol. The Kier molecular flexibility index (Phi) is 3.17. The van der Waals surface area contributed by atoms with E-state index in [0.29, 0.717) is 16.3 Å². The second-order valence-electron chi connectivity index (χ2n) is 4.53. The molecule has 0 amide bonds. The summed E-state index contributed by atoms with van der Waals surface area (Å²) in [5, 5.41) is 10.4. The number of aliphatic hydroxyl groups is 1. The van der Waals surface area contributed by atoms with Gasteiger partial charge in [0.1, 0.15) is 17.7 Å². The average molecular weight is 279 g/mol. The van der Waals surface area contributed by atoms with Crippen LogP contribution < -0.4 is 4.74 Å². The Balaban J connectivity index is 2.02. The number of halogens is 2. The van der Waals surface area contributed by atoms with E-state index in [1.165, 1.54) is 6.07 Å². The summed E-state index contributed by atoms with van der Waals surface area (Å²) in [7, 11) is 0. The topological polar surface area (TPSA) is 29.5 Å². The quantitative estimate of drug-likeness (QED) is 0.853. The van der Waals surface area contributed by atoms with E-state index < -0.39 is 18.0 Å². The summed E-state index contributed by atoms with van der Waals surface area (Å²) >= 11 is 6.04. The first kappa shape index (κ1) is 12.5. The minimum atomic E-state index is -0.675. The van der Waals surface area contributed by atoms with Gasteiger partial charge in [-0.15, -0.1) is 0 Å². The molecule has 2 nitrogen and oxygen atoms in total. The Hall–Kier alpha value is -1.58. The minimum absolute atomic E-state index is 0.289. The summed E-state index contributed by atoms with van der Waals surface area (Å²) in [6.45, 7) is 0. The molecule has 0 saturated carbocycles. The molecule has 0 spiro atoms. The fraction of sp³-hybridized carbons (Fsp3) is 0.200. The van der Waals surface area contributed by atoms with Crippen LogP contribution in [-0.2, 0) is 0 Å². The highest BCUT2D eigenvalue weighted by Crippen LogP contribution is 2.42. The number of hydrogen-bond acceptors (Lipinski definition) is 2. The van der Waals surface area contributed by atoms with E-state index in [1.54, 1.807) is 24.3 Å². The maximum atomic E-state index is 13.9. The van der Waals surface area contributed by atoms with Crippen LogP contribution in [0.1, 0.15) is 29.8 Å².